The van der Waals surface area contributed by atoms with Crippen LogP contribution in [0.3, 0.4) is 0 Å². The van der Waals surface area contributed by atoms with Crippen molar-refractivity contribution in [2.75, 3.05) is 11.1 Å². The van der Waals surface area contributed by atoms with Crippen molar-refractivity contribution in [3.8, 4) is 0 Å². The van der Waals surface area contributed by atoms with E-state index < -0.39 is 5.82 Å². The fourth-order valence-electron chi connectivity index (χ4n) is 5.22. The SMILES string of the molecule is Cc1cccc2cc(CNc3ncnc(N)c3C(=N)c3cccc(F)c3)n(C3CCCCC3)c(=O)c12. The van der Waals surface area contributed by atoms with E-state index in [-0.39, 0.29) is 23.1 Å². The zero-order valence-electron chi connectivity index (χ0n) is 20.2. The maximum absolute atomic E-state index is 13.8. The molecular formula is C28H29FN6O. The maximum atomic E-state index is 13.8. The quantitative estimate of drug-likeness (QED) is 0.319. The van der Waals surface area contributed by atoms with E-state index in [1.165, 1.54) is 24.9 Å². The molecule has 2 aromatic carbocycles. The lowest BCUT2D eigenvalue weighted by Crippen LogP contribution is -2.30. The average Bonchev–Trinajstić information content (AvgIpc) is 2.87. The van der Waals surface area contributed by atoms with Crippen molar-refractivity contribution in [3.05, 3.63) is 93.4 Å². The fraction of sp³-hybridized carbons (Fsp3) is 0.286. The number of nitrogens with one attached hydrogen (secondary N) is 2. The first kappa shape index (κ1) is 23.7. The van der Waals surface area contributed by atoms with Crippen LogP contribution in [0.25, 0.3) is 10.8 Å². The van der Waals surface area contributed by atoms with Crippen molar-refractivity contribution in [2.24, 2.45) is 0 Å². The molecule has 0 bridgehead atoms. The summed E-state index contributed by atoms with van der Waals surface area (Å²) >= 11 is 0. The van der Waals surface area contributed by atoms with Crippen molar-refractivity contribution in [1.29, 1.82) is 5.41 Å². The Hall–Kier alpha value is -4.07. The van der Waals surface area contributed by atoms with Gasteiger partial charge in [0.15, 0.2) is 0 Å². The molecule has 0 aliphatic heterocycles. The third kappa shape index (κ3) is 4.46. The van der Waals surface area contributed by atoms with Gasteiger partial charge in [-0.15, -0.1) is 0 Å². The van der Waals surface area contributed by atoms with Crippen molar-refractivity contribution in [1.82, 2.24) is 14.5 Å². The first-order valence-electron chi connectivity index (χ1n) is 12.3. The Morgan fingerprint density at radius 1 is 1.14 bits per heavy atom. The molecule has 4 aromatic rings. The van der Waals surface area contributed by atoms with Crippen LogP contribution in [-0.2, 0) is 6.54 Å². The molecule has 5 rings (SSSR count). The number of pyridine rings is 1. The second-order valence-electron chi connectivity index (χ2n) is 9.36. The molecule has 8 heteroatoms. The highest BCUT2D eigenvalue weighted by molar-refractivity contribution is 6.16. The van der Waals surface area contributed by atoms with Crippen LogP contribution < -0.4 is 16.6 Å². The standard InChI is InChI=1S/C28H29FN6O/c1-17-7-5-8-18-14-22(35(28(36)23(17)18)21-11-3-2-4-12-21)15-32-27-24(26(31)33-16-34-27)25(30)19-9-6-10-20(29)13-19/h5-10,13-14,16,21,30H,2-4,11-12,15H2,1H3,(H3,31,32,33,34). The molecule has 1 saturated carbocycles. The van der Waals surface area contributed by atoms with Crippen molar-refractivity contribution >= 4 is 28.1 Å². The summed E-state index contributed by atoms with van der Waals surface area (Å²) in [5, 5.41) is 13.6. The molecule has 7 nitrogen and oxygen atoms in total. The van der Waals surface area contributed by atoms with Crippen LogP contribution in [-0.4, -0.2) is 20.2 Å². The normalized spacial score (nSPS) is 14.2. The summed E-state index contributed by atoms with van der Waals surface area (Å²) in [6.45, 7) is 2.29. The summed E-state index contributed by atoms with van der Waals surface area (Å²) in [5.74, 6) is 0.0504. The van der Waals surface area contributed by atoms with Crippen LogP contribution in [0.4, 0.5) is 16.0 Å². The van der Waals surface area contributed by atoms with Crippen LogP contribution in [0.2, 0.25) is 0 Å². The monoisotopic (exact) mass is 484 g/mol. The number of hydrogen-bond acceptors (Lipinski definition) is 6. The van der Waals surface area contributed by atoms with E-state index >= 15 is 0 Å². The molecule has 2 aromatic heterocycles. The number of aryl methyl sites for hydroxylation is 1. The number of nitrogens with two attached hydrogens (primary N) is 1. The molecule has 2 heterocycles. The lowest BCUT2D eigenvalue weighted by molar-refractivity contribution is 0.341. The number of benzene rings is 2. The van der Waals surface area contributed by atoms with E-state index in [1.807, 2.05) is 29.7 Å². The Kier molecular flexibility index (Phi) is 6.50. The number of nitrogens with zero attached hydrogens (tertiary/aromatic N) is 3. The highest BCUT2D eigenvalue weighted by Crippen LogP contribution is 2.30. The van der Waals surface area contributed by atoms with Gasteiger partial charge < -0.3 is 15.6 Å². The molecule has 36 heavy (non-hydrogen) atoms. The van der Waals surface area contributed by atoms with Crippen molar-refractivity contribution in [3.63, 3.8) is 0 Å². The van der Waals surface area contributed by atoms with Gasteiger partial charge in [-0.2, -0.15) is 0 Å². The van der Waals surface area contributed by atoms with Gasteiger partial charge in [0.25, 0.3) is 5.56 Å². The Bertz CT molecular complexity index is 1510. The molecule has 0 radical (unpaired) electrons. The fourth-order valence-corrected chi connectivity index (χ4v) is 5.22. The lowest BCUT2D eigenvalue weighted by atomic mass is 9.94. The van der Waals surface area contributed by atoms with Gasteiger partial charge in [0, 0.05) is 17.3 Å². The minimum absolute atomic E-state index is 0.0221. The molecule has 184 valence electrons. The van der Waals surface area contributed by atoms with E-state index in [1.54, 1.807) is 12.1 Å². The van der Waals surface area contributed by atoms with Gasteiger partial charge in [-0.3, -0.25) is 10.2 Å². The molecule has 4 N–H and O–H groups in total. The smallest absolute Gasteiger partial charge is 0.259 e. The van der Waals surface area contributed by atoms with Crippen molar-refractivity contribution in [2.45, 2.75) is 51.6 Å². The molecule has 1 fully saturated rings. The van der Waals surface area contributed by atoms with Gasteiger partial charge in [-0.05, 0) is 48.9 Å². The third-order valence-corrected chi connectivity index (χ3v) is 6.99. The Balaban J connectivity index is 1.55. The summed E-state index contributed by atoms with van der Waals surface area (Å²) < 4.78 is 15.8. The second kappa shape index (κ2) is 9.89. The van der Waals surface area contributed by atoms with Crippen molar-refractivity contribution < 1.29 is 4.39 Å². The van der Waals surface area contributed by atoms with E-state index in [0.29, 0.717) is 23.5 Å². The van der Waals surface area contributed by atoms with Gasteiger partial charge >= 0.3 is 0 Å². The Morgan fingerprint density at radius 3 is 2.69 bits per heavy atom. The highest BCUT2D eigenvalue weighted by Gasteiger charge is 2.22. The first-order chi connectivity index (χ1) is 17.4. The summed E-state index contributed by atoms with van der Waals surface area (Å²) in [5.41, 5.74) is 8.69. The molecule has 0 saturated heterocycles. The van der Waals surface area contributed by atoms with E-state index in [9.17, 15) is 9.18 Å². The minimum atomic E-state index is -0.440. The van der Waals surface area contributed by atoms with Gasteiger partial charge in [0.05, 0.1) is 23.2 Å². The van der Waals surface area contributed by atoms with Crippen LogP contribution in [0.1, 0.15) is 60.5 Å². The maximum Gasteiger partial charge on any atom is 0.259 e. The Labute approximate surface area is 208 Å². The molecule has 0 spiro atoms. The average molecular weight is 485 g/mol. The molecule has 0 unspecified atom stereocenters. The molecule has 1 aliphatic rings. The van der Waals surface area contributed by atoms with Gasteiger partial charge in [-0.1, -0.05) is 49.6 Å². The Morgan fingerprint density at radius 2 is 1.92 bits per heavy atom. The molecule has 0 amide bonds. The number of anilines is 2. The number of nitrogen functional groups attached to an aromatic ring is 1. The predicted octanol–water partition coefficient (Wildman–Crippen LogP) is 5.35. The molecule has 0 atom stereocenters. The van der Waals surface area contributed by atoms with Crippen LogP contribution in [0, 0.1) is 18.2 Å². The lowest BCUT2D eigenvalue weighted by Gasteiger charge is -2.28. The first-order valence-corrected chi connectivity index (χ1v) is 12.3. The summed E-state index contributed by atoms with van der Waals surface area (Å²) in [6.07, 6.45) is 6.68. The number of hydrogen-bond donors (Lipinski definition) is 3. The van der Waals surface area contributed by atoms with Crippen LogP contribution in [0.15, 0.2) is 59.7 Å². The summed E-state index contributed by atoms with van der Waals surface area (Å²) in [6, 6.07) is 13.9. The zero-order chi connectivity index (χ0) is 25.2. The predicted molar refractivity (Wildman–Crippen MR) is 141 cm³/mol. The van der Waals surface area contributed by atoms with Crippen LogP contribution in [0.5, 0.6) is 0 Å². The zero-order valence-corrected chi connectivity index (χ0v) is 20.2. The largest absolute Gasteiger partial charge is 0.383 e. The topological polar surface area (TPSA) is 110 Å². The molecular weight excluding hydrogens is 455 g/mol. The van der Waals surface area contributed by atoms with E-state index in [0.717, 1.165) is 47.7 Å². The van der Waals surface area contributed by atoms with Crippen LogP contribution >= 0.6 is 0 Å². The van der Waals surface area contributed by atoms with E-state index in [2.05, 4.69) is 21.4 Å². The minimum Gasteiger partial charge on any atom is -0.383 e. The number of fused-ring (bicyclic) bond motifs is 1. The second-order valence-corrected chi connectivity index (χ2v) is 9.36. The van der Waals surface area contributed by atoms with E-state index in [4.69, 9.17) is 11.1 Å². The van der Waals surface area contributed by atoms with Gasteiger partial charge in [0.2, 0.25) is 0 Å². The summed E-state index contributed by atoms with van der Waals surface area (Å²) in [4.78, 5) is 22.1. The van der Waals surface area contributed by atoms with Gasteiger partial charge in [-0.25, -0.2) is 14.4 Å². The highest BCUT2D eigenvalue weighted by atomic mass is 19.1. The number of rotatable bonds is 6. The molecule has 1 aliphatic carbocycles. The third-order valence-electron chi connectivity index (χ3n) is 6.99. The summed E-state index contributed by atoms with van der Waals surface area (Å²) in [7, 11) is 0. The number of halogens is 1. The van der Waals surface area contributed by atoms with Gasteiger partial charge in [0.1, 0.15) is 23.8 Å². The number of aromatic nitrogens is 3.